The fourth-order valence-corrected chi connectivity index (χ4v) is 1.99. The van der Waals surface area contributed by atoms with Crippen molar-refractivity contribution >= 4 is 5.82 Å². The van der Waals surface area contributed by atoms with E-state index in [2.05, 4.69) is 10.2 Å². The van der Waals surface area contributed by atoms with Gasteiger partial charge in [0, 0.05) is 22.8 Å². The van der Waals surface area contributed by atoms with Gasteiger partial charge in [-0.3, -0.25) is 0 Å². The van der Waals surface area contributed by atoms with E-state index in [4.69, 9.17) is 4.74 Å². The molecular weight excluding hydrogens is 282 g/mol. The first-order valence-electron chi connectivity index (χ1n) is 6.54. The van der Waals surface area contributed by atoms with E-state index in [0.717, 1.165) is 11.1 Å². The highest BCUT2D eigenvalue weighted by molar-refractivity contribution is 5.70. The average Bonchev–Trinajstić information content (AvgIpc) is 2.57. The second-order valence-electron chi connectivity index (χ2n) is 4.45. The van der Waals surface area contributed by atoms with Gasteiger partial charge in [-0.15, -0.1) is 0 Å². The van der Waals surface area contributed by atoms with Crippen LogP contribution >= 0.6 is 0 Å². The third-order valence-corrected chi connectivity index (χ3v) is 3.00. The maximum absolute atomic E-state index is 10.6. The predicted octanol–water partition coefficient (Wildman–Crippen LogP) is 3.84. The quantitative estimate of drug-likeness (QED) is 0.539. The molecule has 3 aromatic rings. The summed E-state index contributed by atoms with van der Waals surface area (Å²) in [6.45, 7) is 0. The maximum Gasteiger partial charge on any atom is 0.390 e. The van der Waals surface area contributed by atoms with Crippen molar-refractivity contribution < 1.29 is 9.66 Å². The van der Waals surface area contributed by atoms with Gasteiger partial charge in [0.25, 0.3) is 5.88 Å². The van der Waals surface area contributed by atoms with Gasteiger partial charge in [-0.05, 0) is 16.6 Å². The number of nitrogens with zero attached hydrogens (tertiary/aromatic N) is 3. The summed E-state index contributed by atoms with van der Waals surface area (Å²) in [7, 11) is 0. The number of aromatic nitrogens is 2. The van der Waals surface area contributed by atoms with Crippen LogP contribution in [-0.4, -0.2) is 15.1 Å². The van der Waals surface area contributed by atoms with E-state index in [0.29, 0.717) is 5.75 Å². The van der Waals surface area contributed by atoms with E-state index in [1.165, 1.54) is 12.1 Å². The minimum Gasteiger partial charge on any atom is -0.435 e. The molecule has 0 aliphatic rings. The Morgan fingerprint density at radius 3 is 2.27 bits per heavy atom. The van der Waals surface area contributed by atoms with Gasteiger partial charge in [0.05, 0.1) is 5.10 Å². The Hall–Kier alpha value is -3.28. The number of benzene rings is 2. The van der Waals surface area contributed by atoms with Crippen LogP contribution < -0.4 is 4.74 Å². The summed E-state index contributed by atoms with van der Waals surface area (Å²) in [5.74, 6) is 0.495. The Kier molecular flexibility index (Phi) is 3.74. The van der Waals surface area contributed by atoms with Crippen LogP contribution in [0.2, 0.25) is 0 Å². The minimum absolute atomic E-state index is 0.203. The Morgan fingerprint density at radius 2 is 1.59 bits per heavy atom. The molecule has 0 N–H and O–H groups in total. The summed E-state index contributed by atoms with van der Waals surface area (Å²) >= 11 is 0. The Bertz CT molecular complexity index is 789. The molecule has 6 heteroatoms. The highest BCUT2D eigenvalue weighted by Gasteiger charge is 2.11. The van der Waals surface area contributed by atoms with Crippen LogP contribution in [0.5, 0.6) is 11.6 Å². The summed E-state index contributed by atoms with van der Waals surface area (Å²) in [5, 5.41) is 17.8. The zero-order chi connectivity index (χ0) is 15.4. The first-order chi connectivity index (χ1) is 10.7. The van der Waals surface area contributed by atoms with Crippen LogP contribution in [0.15, 0.2) is 66.7 Å². The summed E-state index contributed by atoms with van der Waals surface area (Å²) in [5.41, 5.74) is 1.91. The Balaban J connectivity index is 1.91. The molecule has 0 fully saturated rings. The molecule has 6 nitrogen and oxygen atoms in total. The highest BCUT2D eigenvalue weighted by Crippen LogP contribution is 2.32. The second kappa shape index (κ2) is 6.01. The molecule has 1 heterocycles. The highest BCUT2D eigenvalue weighted by atomic mass is 16.6. The van der Waals surface area contributed by atoms with Crippen molar-refractivity contribution in [3.63, 3.8) is 0 Å². The molecule has 0 saturated carbocycles. The summed E-state index contributed by atoms with van der Waals surface area (Å²) in [4.78, 5) is 9.97. The molecule has 3 rings (SSSR count). The van der Waals surface area contributed by atoms with Gasteiger partial charge in [-0.2, -0.15) is 0 Å². The molecule has 1 aromatic heterocycles. The van der Waals surface area contributed by atoms with Crippen molar-refractivity contribution in [2.45, 2.75) is 0 Å². The molecule has 22 heavy (non-hydrogen) atoms. The lowest BCUT2D eigenvalue weighted by Gasteiger charge is -2.09. The normalized spacial score (nSPS) is 10.2. The van der Waals surface area contributed by atoms with Crippen LogP contribution in [0.3, 0.4) is 0 Å². The van der Waals surface area contributed by atoms with Gasteiger partial charge in [0.2, 0.25) is 0 Å². The minimum atomic E-state index is -0.602. The number of nitro groups is 1. The average molecular weight is 293 g/mol. The molecule has 0 atom stereocenters. The zero-order valence-electron chi connectivity index (χ0n) is 11.4. The number of hydrogen-bond acceptors (Lipinski definition) is 5. The van der Waals surface area contributed by atoms with Gasteiger partial charge in [0.1, 0.15) is 5.75 Å². The van der Waals surface area contributed by atoms with Gasteiger partial charge < -0.3 is 14.9 Å². The van der Waals surface area contributed by atoms with E-state index >= 15 is 0 Å². The van der Waals surface area contributed by atoms with E-state index < -0.39 is 4.92 Å². The van der Waals surface area contributed by atoms with Crippen LogP contribution in [0.1, 0.15) is 0 Å². The maximum atomic E-state index is 10.6. The van der Waals surface area contributed by atoms with Gasteiger partial charge in [0.15, 0.2) is 0 Å². The third kappa shape index (κ3) is 2.90. The lowest BCUT2D eigenvalue weighted by atomic mass is 10.1. The van der Waals surface area contributed by atoms with Gasteiger partial charge in [-0.25, -0.2) is 0 Å². The van der Waals surface area contributed by atoms with Crippen molar-refractivity contribution in [2.75, 3.05) is 0 Å². The molecule has 0 bridgehead atoms. The zero-order valence-corrected chi connectivity index (χ0v) is 11.4. The molecular formula is C16H11N3O3. The molecule has 0 unspecified atom stereocenters. The number of hydrogen-bond donors (Lipinski definition) is 0. The van der Waals surface area contributed by atoms with Crippen molar-refractivity contribution in [3.8, 4) is 22.8 Å². The topological polar surface area (TPSA) is 78.2 Å². The van der Waals surface area contributed by atoms with Crippen LogP contribution in [0, 0.1) is 10.1 Å². The molecule has 0 amide bonds. The lowest BCUT2D eigenvalue weighted by molar-refractivity contribution is -0.390. The third-order valence-electron chi connectivity index (χ3n) is 3.00. The number of rotatable bonds is 4. The number of para-hydroxylation sites is 1. The number of ether oxygens (including phenoxy) is 1. The van der Waals surface area contributed by atoms with E-state index in [1.54, 1.807) is 0 Å². The molecule has 0 aliphatic carbocycles. The molecule has 108 valence electrons. The summed E-state index contributed by atoms with van der Waals surface area (Å²) < 4.78 is 5.70. The molecule has 0 saturated heterocycles. The Morgan fingerprint density at radius 1 is 0.864 bits per heavy atom. The molecule has 0 aliphatic heterocycles. The van der Waals surface area contributed by atoms with Crippen LogP contribution in [-0.2, 0) is 0 Å². The summed E-state index contributed by atoms with van der Waals surface area (Å²) in [6.07, 6.45) is 0. The van der Waals surface area contributed by atoms with Crippen molar-refractivity contribution in [1.82, 2.24) is 10.2 Å². The van der Waals surface area contributed by atoms with Crippen molar-refractivity contribution in [1.29, 1.82) is 0 Å². The van der Waals surface area contributed by atoms with E-state index in [9.17, 15) is 10.1 Å². The van der Waals surface area contributed by atoms with Crippen LogP contribution in [0.25, 0.3) is 11.1 Å². The fraction of sp³-hybridized carbons (Fsp3) is 0. The SMILES string of the molecule is O=[N+]([O-])c1ccc(Oc2ccccc2-c2ccccc2)nn1. The van der Waals surface area contributed by atoms with Crippen LogP contribution in [0.4, 0.5) is 5.82 Å². The first kappa shape index (κ1) is 13.7. The van der Waals surface area contributed by atoms with E-state index in [1.807, 2.05) is 54.6 Å². The Labute approximate surface area is 126 Å². The smallest absolute Gasteiger partial charge is 0.390 e. The standard InChI is InChI=1S/C16H11N3O3/c20-19(21)15-10-11-16(18-17-15)22-14-9-5-4-8-13(14)12-6-2-1-3-7-12/h1-11H. The fourth-order valence-electron chi connectivity index (χ4n) is 1.99. The monoisotopic (exact) mass is 293 g/mol. The van der Waals surface area contributed by atoms with Gasteiger partial charge in [-0.1, -0.05) is 48.5 Å². The molecule has 0 radical (unpaired) electrons. The first-order valence-corrected chi connectivity index (χ1v) is 6.54. The van der Waals surface area contributed by atoms with E-state index in [-0.39, 0.29) is 11.7 Å². The lowest BCUT2D eigenvalue weighted by Crippen LogP contribution is -1.96. The van der Waals surface area contributed by atoms with Crippen molar-refractivity contribution in [2.24, 2.45) is 0 Å². The predicted molar refractivity (Wildman–Crippen MR) is 80.6 cm³/mol. The molecule has 0 spiro atoms. The van der Waals surface area contributed by atoms with Crippen molar-refractivity contribution in [3.05, 3.63) is 76.8 Å². The van der Waals surface area contributed by atoms with Gasteiger partial charge >= 0.3 is 5.82 Å². The second-order valence-corrected chi connectivity index (χ2v) is 4.45. The largest absolute Gasteiger partial charge is 0.435 e. The summed E-state index contributed by atoms with van der Waals surface area (Å²) in [6, 6.07) is 20.0. The molecule has 2 aromatic carbocycles.